The minimum absolute atomic E-state index is 0.146. The Bertz CT molecular complexity index is 759. The number of rotatable bonds is 6. The molecule has 2 amide bonds. The van der Waals surface area contributed by atoms with Gasteiger partial charge in [-0.3, -0.25) is 9.59 Å². The van der Waals surface area contributed by atoms with Gasteiger partial charge in [0.25, 0.3) is 0 Å². The van der Waals surface area contributed by atoms with Crippen LogP contribution in [0.1, 0.15) is 12.8 Å². The molecule has 130 valence electrons. The second-order valence-corrected chi connectivity index (χ2v) is 5.83. The zero-order valence-corrected chi connectivity index (χ0v) is 14.1. The van der Waals surface area contributed by atoms with E-state index in [4.69, 9.17) is 4.74 Å². The van der Waals surface area contributed by atoms with E-state index >= 15 is 0 Å². The molecular formula is C19H21N3O3. The maximum atomic E-state index is 12.1. The lowest BCUT2D eigenvalue weighted by molar-refractivity contribution is -0.117. The van der Waals surface area contributed by atoms with Crippen molar-refractivity contribution >= 4 is 28.9 Å². The summed E-state index contributed by atoms with van der Waals surface area (Å²) in [6, 6.07) is 14.7. The van der Waals surface area contributed by atoms with Crippen molar-refractivity contribution in [2.24, 2.45) is 0 Å². The first-order chi connectivity index (χ1) is 12.2. The molecule has 1 fully saturated rings. The van der Waals surface area contributed by atoms with Crippen LogP contribution in [0.15, 0.2) is 48.5 Å². The predicted octanol–water partition coefficient (Wildman–Crippen LogP) is 2.87. The summed E-state index contributed by atoms with van der Waals surface area (Å²) >= 11 is 0. The number of nitrogens with zero attached hydrogens (tertiary/aromatic N) is 1. The predicted molar refractivity (Wildman–Crippen MR) is 98.1 cm³/mol. The number of carbonyl (C=O) groups is 2. The normalized spacial score (nSPS) is 13.6. The molecular weight excluding hydrogens is 318 g/mol. The summed E-state index contributed by atoms with van der Waals surface area (Å²) in [5.74, 6) is 0.740. The average Bonchev–Trinajstić information content (AvgIpc) is 3.07. The van der Waals surface area contributed by atoms with E-state index in [0.717, 1.165) is 30.1 Å². The first-order valence-electron chi connectivity index (χ1n) is 8.24. The number of anilines is 3. The average molecular weight is 339 g/mol. The van der Waals surface area contributed by atoms with Crippen LogP contribution >= 0.6 is 0 Å². The standard InChI is InChI=1S/C19H21N3O3/c1-25-17-5-2-4-15(12-17)20-13-18(23)21-14-7-9-16(10-8-14)22-11-3-6-19(22)24/h2,4-5,7-10,12,20H,3,6,11,13H2,1H3,(H,21,23). The van der Waals surface area contributed by atoms with E-state index in [0.29, 0.717) is 12.1 Å². The Morgan fingerprint density at radius 2 is 1.96 bits per heavy atom. The Labute approximate surface area is 146 Å². The highest BCUT2D eigenvalue weighted by molar-refractivity contribution is 5.96. The van der Waals surface area contributed by atoms with Crippen LogP contribution in [0.4, 0.5) is 17.1 Å². The van der Waals surface area contributed by atoms with Gasteiger partial charge in [0.2, 0.25) is 11.8 Å². The van der Waals surface area contributed by atoms with Crippen LogP contribution in [0.3, 0.4) is 0 Å². The van der Waals surface area contributed by atoms with E-state index in [1.54, 1.807) is 12.0 Å². The molecule has 1 aliphatic heterocycles. The van der Waals surface area contributed by atoms with E-state index in [2.05, 4.69) is 10.6 Å². The third-order valence-electron chi connectivity index (χ3n) is 4.06. The van der Waals surface area contributed by atoms with Gasteiger partial charge in [-0.25, -0.2) is 0 Å². The molecule has 2 aromatic carbocycles. The number of ether oxygens (including phenoxy) is 1. The summed E-state index contributed by atoms with van der Waals surface area (Å²) < 4.78 is 5.15. The minimum Gasteiger partial charge on any atom is -0.497 e. The molecule has 0 aliphatic carbocycles. The lowest BCUT2D eigenvalue weighted by Crippen LogP contribution is -2.24. The number of benzene rings is 2. The van der Waals surface area contributed by atoms with E-state index in [-0.39, 0.29) is 18.4 Å². The molecule has 0 radical (unpaired) electrons. The zero-order valence-electron chi connectivity index (χ0n) is 14.1. The van der Waals surface area contributed by atoms with Crippen molar-refractivity contribution in [3.05, 3.63) is 48.5 Å². The van der Waals surface area contributed by atoms with Gasteiger partial charge < -0.3 is 20.3 Å². The van der Waals surface area contributed by atoms with Gasteiger partial charge in [0.1, 0.15) is 5.75 Å². The maximum absolute atomic E-state index is 12.1. The van der Waals surface area contributed by atoms with Crippen LogP contribution in [0.2, 0.25) is 0 Å². The topological polar surface area (TPSA) is 70.7 Å². The van der Waals surface area contributed by atoms with Gasteiger partial charge >= 0.3 is 0 Å². The van der Waals surface area contributed by atoms with Crippen LogP contribution in [0.25, 0.3) is 0 Å². The number of nitrogens with one attached hydrogen (secondary N) is 2. The van der Waals surface area contributed by atoms with Gasteiger partial charge in [0.15, 0.2) is 0 Å². The highest BCUT2D eigenvalue weighted by atomic mass is 16.5. The molecule has 0 spiro atoms. The Morgan fingerprint density at radius 3 is 2.64 bits per heavy atom. The van der Waals surface area contributed by atoms with Crippen LogP contribution in [0, 0.1) is 0 Å². The second kappa shape index (κ2) is 7.70. The van der Waals surface area contributed by atoms with Crippen molar-refractivity contribution in [1.29, 1.82) is 0 Å². The number of methoxy groups -OCH3 is 1. The summed E-state index contributed by atoms with van der Waals surface area (Å²) in [5, 5.41) is 5.89. The molecule has 6 heteroatoms. The fourth-order valence-corrected chi connectivity index (χ4v) is 2.77. The van der Waals surface area contributed by atoms with Gasteiger partial charge in [-0.1, -0.05) is 6.07 Å². The van der Waals surface area contributed by atoms with Gasteiger partial charge in [-0.2, -0.15) is 0 Å². The fraction of sp³-hybridized carbons (Fsp3) is 0.263. The Kier molecular flexibility index (Phi) is 5.18. The van der Waals surface area contributed by atoms with E-state index in [1.807, 2.05) is 48.5 Å². The Morgan fingerprint density at radius 1 is 1.16 bits per heavy atom. The molecule has 0 aromatic heterocycles. The van der Waals surface area contributed by atoms with Gasteiger partial charge in [0, 0.05) is 36.1 Å². The fourth-order valence-electron chi connectivity index (χ4n) is 2.77. The minimum atomic E-state index is -0.146. The summed E-state index contributed by atoms with van der Waals surface area (Å²) in [7, 11) is 1.60. The van der Waals surface area contributed by atoms with Crippen LogP contribution in [-0.2, 0) is 9.59 Å². The summed E-state index contributed by atoms with van der Waals surface area (Å²) in [5.41, 5.74) is 2.39. The summed E-state index contributed by atoms with van der Waals surface area (Å²) in [6.45, 7) is 0.911. The maximum Gasteiger partial charge on any atom is 0.243 e. The number of carbonyl (C=O) groups excluding carboxylic acids is 2. The third kappa shape index (κ3) is 4.29. The van der Waals surface area contributed by atoms with Crippen molar-refractivity contribution in [1.82, 2.24) is 0 Å². The molecule has 3 rings (SSSR count). The molecule has 1 saturated heterocycles. The van der Waals surface area contributed by atoms with Crippen molar-refractivity contribution < 1.29 is 14.3 Å². The van der Waals surface area contributed by atoms with Gasteiger partial charge in [0.05, 0.1) is 13.7 Å². The number of amides is 2. The molecule has 25 heavy (non-hydrogen) atoms. The van der Waals surface area contributed by atoms with E-state index in [1.165, 1.54) is 0 Å². The molecule has 0 unspecified atom stereocenters. The van der Waals surface area contributed by atoms with E-state index in [9.17, 15) is 9.59 Å². The lowest BCUT2D eigenvalue weighted by Gasteiger charge is -2.16. The molecule has 2 aromatic rings. The third-order valence-corrected chi connectivity index (χ3v) is 4.06. The molecule has 0 saturated carbocycles. The monoisotopic (exact) mass is 339 g/mol. The molecule has 6 nitrogen and oxygen atoms in total. The first-order valence-corrected chi connectivity index (χ1v) is 8.24. The van der Waals surface area contributed by atoms with Crippen molar-refractivity contribution in [3.8, 4) is 5.75 Å². The second-order valence-electron chi connectivity index (χ2n) is 5.83. The molecule has 1 heterocycles. The van der Waals surface area contributed by atoms with Crippen molar-refractivity contribution in [2.75, 3.05) is 35.7 Å². The Balaban J connectivity index is 1.53. The zero-order chi connectivity index (χ0) is 17.6. The smallest absolute Gasteiger partial charge is 0.243 e. The number of hydrogen-bond acceptors (Lipinski definition) is 4. The molecule has 2 N–H and O–H groups in total. The highest BCUT2D eigenvalue weighted by Gasteiger charge is 2.21. The summed E-state index contributed by atoms with van der Waals surface area (Å²) in [6.07, 6.45) is 1.50. The quantitative estimate of drug-likeness (QED) is 0.849. The van der Waals surface area contributed by atoms with E-state index < -0.39 is 0 Å². The number of hydrogen-bond donors (Lipinski definition) is 2. The van der Waals surface area contributed by atoms with Crippen LogP contribution in [0.5, 0.6) is 5.75 Å². The van der Waals surface area contributed by atoms with Gasteiger partial charge in [-0.15, -0.1) is 0 Å². The first kappa shape index (κ1) is 16.8. The molecule has 0 bridgehead atoms. The highest BCUT2D eigenvalue weighted by Crippen LogP contribution is 2.23. The summed E-state index contributed by atoms with van der Waals surface area (Å²) in [4.78, 5) is 25.6. The van der Waals surface area contributed by atoms with Crippen molar-refractivity contribution in [3.63, 3.8) is 0 Å². The van der Waals surface area contributed by atoms with Gasteiger partial charge in [-0.05, 0) is 42.8 Å². The van der Waals surface area contributed by atoms with Crippen LogP contribution in [-0.4, -0.2) is 32.0 Å². The largest absolute Gasteiger partial charge is 0.497 e. The van der Waals surface area contributed by atoms with Crippen molar-refractivity contribution in [2.45, 2.75) is 12.8 Å². The Hall–Kier alpha value is -3.02. The SMILES string of the molecule is COc1cccc(NCC(=O)Nc2ccc(N3CCCC3=O)cc2)c1. The lowest BCUT2D eigenvalue weighted by atomic mass is 10.2. The van der Waals surface area contributed by atoms with Crippen LogP contribution < -0.4 is 20.3 Å². The molecule has 0 atom stereocenters. The molecule has 1 aliphatic rings.